The number of amides is 2. The number of nitrogens with zero attached hydrogens (tertiary/aromatic N) is 3. The number of likely N-dealkylation sites (tertiary alicyclic amines) is 2. The van der Waals surface area contributed by atoms with Crippen LogP contribution in [0.15, 0.2) is 65.2 Å². The third-order valence-electron chi connectivity index (χ3n) is 7.65. The highest BCUT2D eigenvalue weighted by Gasteiger charge is 2.53. The molecule has 8 heteroatoms. The average Bonchev–Trinajstić information content (AvgIpc) is 3.35. The number of carbonyl (C=O) groups excluding carboxylic acids is 2. The molecule has 0 radical (unpaired) electrons. The highest BCUT2D eigenvalue weighted by atomic mass is 19.1. The molecule has 5 rings (SSSR count). The average molecular weight is 520 g/mol. The summed E-state index contributed by atoms with van der Waals surface area (Å²) in [7, 11) is 0. The van der Waals surface area contributed by atoms with Crippen LogP contribution in [0.25, 0.3) is 0 Å². The van der Waals surface area contributed by atoms with Crippen molar-refractivity contribution in [2.24, 2.45) is 11.3 Å². The van der Waals surface area contributed by atoms with E-state index in [1.165, 1.54) is 12.1 Å². The van der Waals surface area contributed by atoms with E-state index in [1.807, 2.05) is 30.3 Å². The Balaban J connectivity index is 1.44. The lowest BCUT2D eigenvalue weighted by Gasteiger charge is -2.51. The van der Waals surface area contributed by atoms with Gasteiger partial charge in [-0.25, -0.2) is 4.39 Å². The molecule has 0 saturated carbocycles. The van der Waals surface area contributed by atoms with Crippen LogP contribution in [0.1, 0.15) is 66.5 Å². The van der Waals surface area contributed by atoms with E-state index in [2.05, 4.69) is 19.0 Å². The monoisotopic (exact) mass is 519 g/mol. The van der Waals surface area contributed by atoms with Gasteiger partial charge in [-0.05, 0) is 54.9 Å². The third kappa shape index (κ3) is 5.23. The van der Waals surface area contributed by atoms with E-state index in [0.717, 1.165) is 11.3 Å². The minimum absolute atomic E-state index is 0.128. The van der Waals surface area contributed by atoms with Crippen LogP contribution in [0.4, 0.5) is 4.39 Å². The van der Waals surface area contributed by atoms with E-state index in [9.17, 15) is 19.1 Å². The summed E-state index contributed by atoms with van der Waals surface area (Å²) >= 11 is 0. The van der Waals surface area contributed by atoms with Crippen LogP contribution in [0.2, 0.25) is 0 Å². The summed E-state index contributed by atoms with van der Waals surface area (Å²) in [6, 6.07) is 16.7. The van der Waals surface area contributed by atoms with Crippen molar-refractivity contribution in [1.82, 2.24) is 15.0 Å². The normalized spacial score (nSPS) is 23.9. The summed E-state index contributed by atoms with van der Waals surface area (Å²) in [5.74, 6) is -0.256. The Morgan fingerprint density at radius 1 is 1.18 bits per heavy atom. The standard InChI is InChI=1S/C30H34FN3O4/c1-20(2)14-24-16-26(38-32-24)28(36)33-13-7-12-30(19-33)17-25(35)27(22-9-4-3-5-10-22)34(29(30)37)18-21-8-6-11-23(31)15-21/h3-6,8-11,15-16,20,25,27,35H,7,12-14,17-19H2,1-2H3/t25-,27+,30+/m1/s1. The van der Waals surface area contributed by atoms with Crippen molar-refractivity contribution < 1.29 is 23.6 Å². The fourth-order valence-electron chi connectivity index (χ4n) is 6.02. The lowest BCUT2D eigenvalue weighted by molar-refractivity contribution is -0.165. The van der Waals surface area contributed by atoms with Gasteiger partial charge < -0.3 is 19.4 Å². The van der Waals surface area contributed by atoms with Gasteiger partial charge in [0.2, 0.25) is 11.7 Å². The van der Waals surface area contributed by atoms with Gasteiger partial charge >= 0.3 is 0 Å². The Kier molecular flexibility index (Phi) is 7.34. The minimum Gasteiger partial charge on any atom is -0.391 e. The molecule has 0 unspecified atom stereocenters. The number of halogens is 1. The second kappa shape index (κ2) is 10.7. The van der Waals surface area contributed by atoms with E-state index in [-0.39, 0.29) is 42.9 Å². The zero-order valence-electron chi connectivity index (χ0n) is 21.8. The van der Waals surface area contributed by atoms with Crippen LogP contribution in [0.5, 0.6) is 0 Å². The molecule has 200 valence electrons. The SMILES string of the molecule is CC(C)Cc1cc(C(=O)N2CCC[C@]3(C[C@@H](O)[C@H](c4ccccc4)N(Cc4cccc(F)c4)C3=O)C2)on1. The van der Waals surface area contributed by atoms with Gasteiger partial charge in [0.05, 0.1) is 23.3 Å². The molecule has 1 spiro atoms. The van der Waals surface area contributed by atoms with Crippen molar-refractivity contribution in [1.29, 1.82) is 0 Å². The van der Waals surface area contributed by atoms with Gasteiger partial charge in [0.25, 0.3) is 5.91 Å². The van der Waals surface area contributed by atoms with Crippen molar-refractivity contribution in [3.8, 4) is 0 Å². The molecular weight excluding hydrogens is 485 g/mol. The number of aromatic nitrogens is 1. The van der Waals surface area contributed by atoms with Crippen LogP contribution in [-0.2, 0) is 17.8 Å². The zero-order chi connectivity index (χ0) is 26.9. The number of hydrogen-bond acceptors (Lipinski definition) is 5. The minimum atomic E-state index is -0.938. The first-order valence-electron chi connectivity index (χ1n) is 13.3. The number of aliphatic hydroxyl groups is 1. The summed E-state index contributed by atoms with van der Waals surface area (Å²) in [4.78, 5) is 31.0. The fourth-order valence-corrected chi connectivity index (χ4v) is 6.02. The Hall–Kier alpha value is -3.52. The molecule has 0 aliphatic carbocycles. The highest BCUT2D eigenvalue weighted by molar-refractivity contribution is 5.93. The molecule has 7 nitrogen and oxygen atoms in total. The summed E-state index contributed by atoms with van der Waals surface area (Å²) in [6.07, 6.45) is 1.29. The van der Waals surface area contributed by atoms with Crippen LogP contribution in [-0.4, -0.2) is 51.1 Å². The van der Waals surface area contributed by atoms with Gasteiger partial charge in [0.1, 0.15) is 5.82 Å². The van der Waals surface area contributed by atoms with Crippen molar-refractivity contribution >= 4 is 11.8 Å². The van der Waals surface area contributed by atoms with E-state index < -0.39 is 17.6 Å². The maximum Gasteiger partial charge on any atom is 0.292 e. The Morgan fingerprint density at radius 3 is 2.71 bits per heavy atom. The number of carbonyl (C=O) groups is 2. The van der Waals surface area contributed by atoms with Crippen LogP contribution in [0.3, 0.4) is 0 Å². The van der Waals surface area contributed by atoms with Crippen LogP contribution in [0, 0.1) is 17.2 Å². The van der Waals surface area contributed by atoms with Gasteiger partial charge in [-0.3, -0.25) is 9.59 Å². The maximum absolute atomic E-state index is 14.3. The number of hydrogen-bond donors (Lipinski definition) is 1. The molecule has 0 bridgehead atoms. The molecule has 1 aromatic heterocycles. The second-order valence-corrected chi connectivity index (χ2v) is 11.1. The lowest BCUT2D eigenvalue weighted by Crippen LogP contribution is -2.61. The molecule has 2 aliphatic heterocycles. The molecule has 3 atom stereocenters. The third-order valence-corrected chi connectivity index (χ3v) is 7.65. The van der Waals surface area contributed by atoms with E-state index >= 15 is 0 Å². The zero-order valence-corrected chi connectivity index (χ0v) is 21.8. The highest BCUT2D eigenvalue weighted by Crippen LogP contribution is 2.46. The summed E-state index contributed by atoms with van der Waals surface area (Å²) < 4.78 is 19.4. The molecular formula is C30H34FN3O4. The van der Waals surface area contributed by atoms with Crippen molar-refractivity contribution in [2.45, 2.75) is 58.2 Å². The van der Waals surface area contributed by atoms with Gasteiger partial charge in [-0.2, -0.15) is 0 Å². The molecule has 3 aromatic rings. The van der Waals surface area contributed by atoms with E-state index in [0.29, 0.717) is 37.3 Å². The fraction of sp³-hybridized carbons (Fsp3) is 0.433. The quantitative estimate of drug-likeness (QED) is 0.507. The largest absolute Gasteiger partial charge is 0.391 e. The van der Waals surface area contributed by atoms with Crippen molar-refractivity contribution in [3.05, 3.63) is 89.1 Å². The van der Waals surface area contributed by atoms with Crippen LogP contribution < -0.4 is 0 Å². The number of aliphatic hydroxyl groups excluding tert-OH is 1. The molecule has 2 fully saturated rings. The first-order valence-corrected chi connectivity index (χ1v) is 13.3. The second-order valence-electron chi connectivity index (χ2n) is 11.1. The first kappa shape index (κ1) is 26.1. The summed E-state index contributed by atoms with van der Waals surface area (Å²) in [5.41, 5.74) is 1.26. The summed E-state index contributed by atoms with van der Waals surface area (Å²) in [6.45, 7) is 4.98. The van der Waals surface area contributed by atoms with Gasteiger partial charge in [-0.15, -0.1) is 0 Å². The Labute approximate surface area is 222 Å². The molecule has 1 N–H and O–H groups in total. The molecule has 2 saturated heterocycles. The number of rotatable bonds is 6. The van der Waals surface area contributed by atoms with Crippen molar-refractivity contribution in [3.63, 3.8) is 0 Å². The van der Waals surface area contributed by atoms with E-state index in [4.69, 9.17) is 4.52 Å². The first-order chi connectivity index (χ1) is 18.3. The molecule has 2 aliphatic rings. The predicted molar refractivity (Wildman–Crippen MR) is 139 cm³/mol. The topological polar surface area (TPSA) is 86.9 Å². The number of benzene rings is 2. The van der Waals surface area contributed by atoms with Crippen LogP contribution >= 0.6 is 0 Å². The maximum atomic E-state index is 14.3. The molecule has 3 heterocycles. The summed E-state index contributed by atoms with van der Waals surface area (Å²) in [5, 5.41) is 15.5. The van der Waals surface area contributed by atoms with Gasteiger partial charge in [0, 0.05) is 25.7 Å². The lowest BCUT2D eigenvalue weighted by atomic mass is 9.69. The molecule has 2 amide bonds. The predicted octanol–water partition coefficient (Wildman–Crippen LogP) is 4.77. The smallest absolute Gasteiger partial charge is 0.292 e. The van der Waals surface area contributed by atoms with Crippen molar-refractivity contribution in [2.75, 3.05) is 13.1 Å². The molecule has 2 aromatic carbocycles. The Morgan fingerprint density at radius 2 is 1.97 bits per heavy atom. The number of piperidine rings is 2. The van der Waals surface area contributed by atoms with Gasteiger partial charge in [0.15, 0.2) is 0 Å². The Bertz CT molecular complexity index is 1290. The van der Waals surface area contributed by atoms with Gasteiger partial charge in [-0.1, -0.05) is 61.5 Å². The van der Waals surface area contributed by atoms with E-state index in [1.54, 1.807) is 28.0 Å². The molecule has 38 heavy (non-hydrogen) atoms.